The highest BCUT2D eigenvalue weighted by molar-refractivity contribution is 5.79. The van der Waals surface area contributed by atoms with Crippen molar-refractivity contribution in [2.45, 2.75) is 26.4 Å². The van der Waals surface area contributed by atoms with Gasteiger partial charge in [-0.2, -0.15) is 5.10 Å². The van der Waals surface area contributed by atoms with Crippen LogP contribution in [0.1, 0.15) is 23.9 Å². The van der Waals surface area contributed by atoms with Gasteiger partial charge >= 0.3 is 0 Å². The normalized spacial score (nSPS) is 11.5. The van der Waals surface area contributed by atoms with E-state index in [4.69, 9.17) is 0 Å². The molecule has 0 fully saturated rings. The lowest BCUT2D eigenvalue weighted by atomic mass is 10.1. The predicted octanol–water partition coefficient (Wildman–Crippen LogP) is 1.58. The molecular weight excluding hydrogens is 276 g/mol. The van der Waals surface area contributed by atoms with Crippen molar-refractivity contribution < 1.29 is 0 Å². The second kappa shape index (κ2) is 7.59. The van der Waals surface area contributed by atoms with E-state index < -0.39 is 0 Å². The summed E-state index contributed by atoms with van der Waals surface area (Å²) in [5.74, 6) is 1.74. The highest BCUT2D eigenvalue weighted by Crippen LogP contribution is 2.09. The molecule has 0 aliphatic carbocycles. The molecule has 6 nitrogen and oxygen atoms in total. The molecule has 0 radical (unpaired) electrons. The van der Waals surface area contributed by atoms with Crippen LogP contribution in [0.3, 0.4) is 0 Å². The second-order valence-corrected chi connectivity index (χ2v) is 5.18. The summed E-state index contributed by atoms with van der Waals surface area (Å²) >= 11 is 0. The third kappa shape index (κ3) is 3.84. The summed E-state index contributed by atoms with van der Waals surface area (Å²) < 4.78 is 1.77. The molecule has 6 heteroatoms. The first-order valence-corrected chi connectivity index (χ1v) is 7.47. The molecule has 2 rings (SSSR count). The van der Waals surface area contributed by atoms with E-state index in [1.54, 1.807) is 18.1 Å². The molecule has 0 saturated carbocycles. The third-order valence-electron chi connectivity index (χ3n) is 3.69. The minimum atomic E-state index is 0.658. The molecule has 1 N–H and O–H groups in total. The van der Waals surface area contributed by atoms with E-state index in [2.05, 4.69) is 51.6 Å². The average Bonchev–Trinajstić information content (AvgIpc) is 2.93. The lowest BCUT2D eigenvalue weighted by Gasteiger charge is -2.22. The van der Waals surface area contributed by atoms with Crippen LogP contribution < -0.4 is 5.32 Å². The Labute approximate surface area is 131 Å². The first-order chi connectivity index (χ1) is 10.7. The van der Waals surface area contributed by atoms with Crippen molar-refractivity contribution in [3.8, 4) is 0 Å². The molecule has 0 spiro atoms. The number of hydrogen-bond acceptors (Lipinski definition) is 3. The number of nitrogens with one attached hydrogen (secondary N) is 1. The Kier molecular flexibility index (Phi) is 5.52. The van der Waals surface area contributed by atoms with E-state index >= 15 is 0 Å². The van der Waals surface area contributed by atoms with Crippen LogP contribution in [0.2, 0.25) is 0 Å². The van der Waals surface area contributed by atoms with Crippen LogP contribution >= 0.6 is 0 Å². The van der Waals surface area contributed by atoms with Gasteiger partial charge in [-0.15, -0.1) is 0 Å². The van der Waals surface area contributed by atoms with Crippen LogP contribution in [0.15, 0.2) is 35.6 Å². The lowest BCUT2D eigenvalue weighted by molar-refractivity contribution is 0.448. The Morgan fingerprint density at radius 3 is 2.64 bits per heavy atom. The van der Waals surface area contributed by atoms with Crippen molar-refractivity contribution in [2.24, 2.45) is 12.0 Å². The highest BCUT2D eigenvalue weighted by Gasteiger charge is 2.10. The van der Waals surface area contributed by atoms with Crippen LogP contribution in [-0.4, -0.2) is 39.7 Å². The molecule has 0 aliphatic rings. The number of hydrogen-bond donors (Lipinski definition) is 1. The van der Waals surface area contributed by atoms with Crippen LogP contribution in [0.4, 0.5) is 0 Å². The third-order valence-corrected chi connectivity index (χ3v) is 3.69. The molecule has 1 aromatic carbocycles. The fourth-order valence-electron chi connectivity index (χ4n) is 2.38. The number of benzene rings is 1. The molecule has 1 heterocycles. The molecule has 0 unspecified atom stereocenters. The van der Waals surface area contributed by atoms with Crippen LogP contribution in [0.5, 0.6) is 0 Å². The van der Waals surface area contributed by atoms with E-state index in [1.165, 1.54) is 11.1 Å². The van der Waals surface area contributed by atoms with Crippen molar-refractivity contribution in [1.82, 2.24) is 25.0 Å². The summed E-state index contributed by atoms with van der Waals surface area (Å²) in [4.78, 5) is 10.6. The largest absolute Gasteiger partial charge is 0.352 e. The quantitative estimate of drug-likeness (QED) is 0.673. The zero-order chi connectivity index (χ0) is 15.9. The summed E-state index contributed by atoms with van der Waals surface area (Å²) in [5.41, 5.74) is 2.67. The van der Waals surface area contributed by atoms with Crippen molar-refractivity contribution in [2.75, 3.05) is 14.1 Å². The standard InChI is InChI=1S/C16H24N6/c1-5-13-8-6-7-9-14(13)10-18-16(17-2)21(3)11-15-19-12-20-22(15)4/h6-9,12H,5,10-11H2,1-4H3,(H,17,18). The van der Waals surface area contributed by atoms with Gasteiger partial charge in [-0.25, -0.2) is 4.98 Å². The fourth-order valence-corrected chi connectivity index (χ4v) is 2.38. The zero-order valence-corrected chi connectivity index (χ0v) is 13.7. The summed E-state index contributed by atoms with van der Waals surface area (Å²) in [6, 6.07) is 8.48. The topological polar surface area (TPSA) is 58.3 Å². The van der Waals surface area contributed by atoms with Gasteiger partial charge in [0.05, 0.1) is 6.54 Å². The van der Waals surface area contributed by atoms with E-state index in [-0.39, 0.29) is 0 Å². The summed E-state index contributed by atoms with van der Waals surface area (Å²) in [7, 11) is 5.68. The fraction of sp³-hybridized carbons (Fsp3) is 0.438. The molecular formula is C16H24N6. The maximum atomic E-state index is 4.34. The molecule has 118 valence electrons. The van der Waals surface area contributed by atoms with E-state index in [0.29, 0.717) is 6.54 Å². The van der Waals surface area contributed by atoms with Crippen LogP contribution in [-0.2, 0) is 26.6 Å². The minimum Gasteiger partial charge on any atom is -0.352 e. The van der Waals surface area contributed by atoms with Crippen molar-refractivity contribution in [1.29, 1.82) is 0 Å². The molecule has 0 aliphatic heterocycles. The smallest absolute Gasteiger partial charge is 0.194 e. The number of aryl methyl sites for hydroxylation is 2. The highest BCUT2D eigenvalue weighted by atomic mass is 15.4. The first-order valence-electron chi connectivity index (χ1n) is 7.47. The van der Waals surface area contributed by atoms with Gasteiger partial charge in [-0.3, -0.25) is 9.67 Å². The Morgan fingerprint density at radius 1 is 1.32 bits per heavy atom. The van der Waals surface area contributed by atoms with Crippen LogP contribution in [0, 0.1) is 0 Å². The minimum absolute atomic E-state index is 0.658. The van der Waals surface area contributed by atoms with Gasteiger partial charge in [0.2, 0.25) is 0 Å². The Balaban J connectivity index is 1.99. The van der Waals surface area contributed by atoms with E-state index in [1.807, 2.05) is 19.0 Å². The van der Waals surface area contributed by atoms with Crippen molar-refractivity contribution in [3.05, 3.63) is 47.5 Å². The summed E-state index contributed by atoms with van der Waals surface area (Å²) in [6.45, 7) is 3.60. The lowest BCUT2D eigenvalue weighted by Crippen LogP contribution is -2.38. The summed E-state index contributed by atoms with van der Waals surface area (Å²) in [5, 5.41) is 7.50. The molecule has 1 aromatic heterocycles. The van der Waals surface area contributed by atoms with Gasteiger partial charge in [0.25, 0.3) is 0 Å². The molecule has 0 atom stereocenters. The Bertz CT molecular complexity index is 631. The SMILES string of the molecule is CCc1ccccc1CNC(=NC)N(C)Cc1ncnn1C. The van der Waals surface area contributed by atoms with Gasteiger partial charge in [-0.1, -0.05) is 31.2 Å². The number of rotatable bonds is 5. The van der Waals surface area contributed by atoms with Crippen molar-refractivity contribution >= 4 is 5.96 Å². The van der Waals surface area contributed by atoms with E-state index in [0.717, 1.165) is 24.7 Å². The molecule has 22 heavy (non-hydrogen) atoms. The Hall–Kier alpha value is -2.37. The predicted molar refractivity (Wildman–Crippen MR) is 88.5 cm³/mol. The number of guanidine groups is 1. The average molecular weight is 300 g/mol. The van der Waals surface area contributed by atoms with Gasteiger partial charge in [0, 0.05) is 27.7 Å². The molecule has 0 amide bonds. The maximum absolute atomic E-state index is 4.34. The Morgan fingerprint density at radius 2 is 2.05 bits per heavy atom. The number of aromatic nitrogens is 3. The second-order valence-electron chi connectivity index (χ2n) is 5.18. The van der Waals surface area contributed by atoms with Gasteiger partial charge in [0.15, 0.2) is 5.96 Å². The van der Waals surface area contributed by atoms with Gasteiger partial charge in [0.1, 0.15) is 12.2 Å². The molecule has 2 aromatic rings. The zero-order valence-electron chi connectivity index (χ0n) is 13.7. The first kappa shape index (κ1) is 16.0. The maximum Gasteiger partial charge on any atom is 0.194 e. The monoisotopic (exact) mass is 300 g/mol. The van der Waals surface area contributed by atoms with Gasteiger partial charge < -0.3 is 10.2 Å². The molecule has 0 bridgehead atoms. The number of nitrogens with zero attached hydrogens (tertiary/aromatic N) is 5. The van der Waals surface area contributed by atoms with Gasteiger partial charge in [-0.05, 0) is 17.5 Å². The molecule has 0 saturated heterocycles. The van der Waals surface area contributed by atoms with Crippen LogP contribution in [0.25, 0.3) is 0 Å². The van der Waals surface area contributed by atoms with E-state index in [9.17, 15) is 0 Å². The summed E-state index contributed by atoms with van der Waals surface area (Å²) in [6.07, 6.45) is 2.60. The number of aliphatic imine (C=N–C) groups is 1. The van der Waals surface area contributed by atoms with Crippen molar-refractivity contribution in [3.63, 3.8) is 0 Å².